The molecule has 0 spiro atoms. The lowest BCUT2D eigenvalue weighted by Crippen LogP contribution is -2.10. The fourth-order valence-electron chi connectivity index (χ4n) is 1.46. The van der Waals surface area contributed by atoms with Crippen LogP contribution in [0.5, 0.6) is 0 Å². The van der Waals surface area contributed by atoms with Gasteiger partial charge in [-0.05, 0) is 24.6 Å². The summed E-state index contributed by atoms with van der Waals surface area (Å²) in [5.74, 6) is 0. The van der Waals surface area contributed by atoms with Crippen molar-refractivity contribution in [1.29, 1.82) is 0 Å². The van der Waals surface area contributed by atoms with Crippen molar-refractivity contribution >= 4 is 5.69 Å². The summed E-state index contributed by atoms with van der Waals surface area (Å²) in [5, 5.41) is 7.57. The normalized spacial score (nSPS) is 10.2. The zero-order chi connectivity index (χ0) is 10.5. The minimum Gasteiger partial charge on any atom is -0.383 e. The van der Waals surface area contributed by atoms with E-state index in [0.29, 0.717) is 0 Å². The number of rotatable bonds is 4. The summed E-state index contributed by atoms with van der Waals surface area (Å²) in [5.41, 5.74) is 2.36. The lowest BCUT2D eigenvalue weighted by Gasteiger charge is -2.05. The van der Waals surface area contributed by atoms with Crippen molar-refractivity contribution in [2.75, 3.05) is 11.9 Å². The van der Waals surface area contributed by atoms with Crippen LogP contribution in [0.1, 0.15) is 5.56 Å². The maximum atomic E-state index is 4.22. The van der Waals surface area contributed by atoms with Gasteiger partial charge in [-0.2, -0.15) is 5.10 Å². The molecule has 0 unspecified atom stereocenters. The molecule has 0 saturated heterocycles. The summed E-state index contributed by atoms with van der Waals surface area (Å²) in [6.07, 6.45) is 3.93. The molecule has 0 fully saturated rings. The van der Waals surface area contributed by atoms with Crippen molar-refractivity contribution in [3.05, 3.63) is 48.3 Å². The summed E-state index contributed by atoms with van der Waals surface area (Å²) in [6.45, 7) is 3.84. The Morgan fingerprint density at radius 2 is 2.07 bits per heavy atom. The number of aryl methyl sites for hydroxylation is 1. The molecule has 1 N–H and O–H groups in total. The molecule has 0 radical (unpaired) electrons. The molecule has 1 aromatic carbocycles. The largest absolute Gasteiger partial charge is 0.383 e. The standard InChI is InChI=1S/C12H15N3/c1-11-9-14-15(10-11)8-7-13-12-5-3-2-4-6-12/h2-6,9-10,13H,7-8H2,1H3. The van der Waals surface area contributed by atoms with Crippen molar-refractivity contribution < 1.29 is 0 Å². The van der Waals surface area contributed by atoms with Crippen LogP contribution in [0.4, 0.5) is 5.69 Å². The molecule has 15 heavy (non-hydrogen) atoms. The molecule has 0 atom stereocenters. The molecule has 2 rings (SSSR count). The summed E-state index contributed by atoms with van der Waals surface area (Å²) in [6, 6.07) is 10.2. The van der Waals surface area contributed by atoms with E-state index in [4.69, 9.17) is 0 Å². The van der Waals surface area contributed by atoms with Crippen LogP contribution in [-0.2, 0) is 6.54 Å². The summed E-state index contributed by atoms with van der Waals surface area (Å²) < 4.78 is 1.95. The molecule has 0 amide bonds. The number of hydrogen-bond acceptors (Lipinski definition) is 2. The molecule has 0 aliphatic rings. The van der Waals surface area contributed by atoms with E-state index in [0.717, 1.165) is 18.8 Å². The number of aromatic nitrogens is 2. The Kier molecular flexibility index (Phi) is 3.02. The van der Waals surface area contributed by atoms with E-state index in [1.54, 1.807) is 0 Å². The Labute approximate surface area is 89.7 Å². The van der Waals surface area contributed by atoms with Crippen LogP contribution in [-0.4, -0.2) is 16.3 Å². The Morgan fingerprint density at radius 1 is 1.27 bits per heavy atom. The van der Waals surface area contributed by atoms with Crippen molar-refractivity contribution in [3.63, 3.8) is 0 Å². The highest BCUT2D eigenvalue weighted by atomic mass is 15.3. The van der Waals surface area contributed by atoms with Crippen LogP contribution < -0.4 is 5.32 Å². The van der Waals surface area contributed by atoms with Crippen molar-refractivity contribution in [2.45, 2.75) is 13.5 Å². The molecule has 1 aromatic heterocycles. The number of para-hydroxylation sites is 1. The third-order valence-electron chi connectivity index (χ3n) is 2.21. The van der Waals surface area contributed by atoms with Gasteiger partial charge in [0.1, 0.15) is 0 Å². The van der Waals surface area contributed by atoms with Gasteiger partial charge in [0.05, 0.1) is 12.7 Å². The third-order valence-corrected chi connectivity index (χ3v) is 2.21. The molecule has 0 saturated carbocycles. The number of nitrogens with one attached hydrogen (secondary N) is 1. The predicted molar refractivity (Wildman–Crippen MR) is 61.9 cm³/mol. The second kappa shape index (κ2) is 4.64. The zero-order valence-corrected chi connectivity index (χ0v) is 8.85. The zero-order valence-electron chi connectivity index (χ0n) is 8.85. The van der Waals surface area contributed by atoms with Crippen LogP contribution in [0.2, 0.25) is 0 Å². The van der Waals surface area contributed by atoms with Gasteiger partial charge < -0.3 is 5.32 Å². The van der Waals surface area contributed by atoms with E-state index < -0.39 is 0 Å². The van der Waals surface area contributed by atoms with Gasteiger partial charge in [0.15, 0.2) is 0 Å². The molecule has 0 bridgehead atoms. The van der Waals surface area contributed by atoms with Gasteiger partial charge >= 0.3 is 0 Å². The minimum atomic E-state index is 0.892. The molecule has 1 heterocycles. The fourth-order valence-corrected chi connectivity index (χ4v) is 1.46. The molecule has 78 valence electrons. The molecule has 3 heteroatoms. The second-order valence-corrected chi connectivity index (χ2v) is 3.57. The fraction of sp³-hybridized carbons (Fsp3) is 0.250. The van der Waals surface area contributed by atoms with Gasteiger partial charge in [0.2, 0.25) is 0 Å². The van der Waals surface area contributed by atoms with Crippen LogP contribution in [0.3, 0.4) is 0 Å². The average molecular weight is 201 g/mol. The molecule has 2 aromatic rings. The maximum absolute atomic E-state index is 4.22. The van der Waals surface area contributed by atoms with Gasteiger partial charge in [-0.25, -0.2) is 0 Å². The second-order valence-electron chi connectivity index (χ2n) is 3.57. The number of hydrogen-bond donors (Lipinski definition) is 1. The molecular formula is C12H15N3. The number of benzene rings is 1. The Morgan fingerprint density at radius 3 is 2.73 bits per heavy atom. The molecule has 0 aliphatic heterocycles. The SMILES string of the molecule is Cc1cnn(CCNc2ccccc2)c1. The minimum absolute atomic E-state index is 0.892. The number of nitrogens with zero attached hydrogens (tertiary/aromatic N) is 2. The average Bonchev–Trinajstić information content (AvgIpc) is 2.66. The quantitative estimate of drug-likeness (QED) is 0.822. The van der Waals surface area contributed by atoms with E-state index in [9.17, 15) is 0 Å². The van der Waals surface area contributed by atoms with E-state index >= 15 is 0 Å². The first-order chi connectivity index (χ1) is 7.34. The van der Waals surface area contributed by atoms with Gasteiger partial charge in [-0.15, -0.1) is 0 Å². The summed E-state index contributed by atoms with van der Waals surface area (Å²) in [4.78, 5) is 0. The Bertz CT molecular complexity index is 406. The van der Waals surface area contributed by atoms with Crippen LogP contribution in [0, 0.1) is 6.92 Å². The lowest BCUT2D eigenvalue weighted by molar-refractivity contribution is 0.637. The highest BCUT2D eigenvalue weighted by molar-refractivity contribution is 5.42. The first-order valence-electron chi connectivity index (χ1n) is 5.12. The van der Waals surface area contributed by atoms with Crippen LogP contribution >= 0.6 is 0 Å². The lowest BCUT2D eigenvalue weighted by atomic mass is 10.3. The molecule has 0 aliphatic carbocycles. The van der Waals surface area contributed by atoms with Crippen molar-refractivity contribution in [3.8, 4) is 0 Å². The highest BCUT2D eigenvalue weighted by Gasteiger charge is 1.93. The van der Waals surface area contributed by atoms with Crippen LogP contribution in [0.25, 0.3) is 0 Å². The topological polar surface area (TPSA) is 29.9 Å². The van der Waals surface area contributed by atoms with E-state index in [2.05, 4.69) is 22.5 Å². The van der Waals surface area contributed by atoms with Gasteiger partial charge in [0, 0.05) is 18.4 Å². The third kappa shape index (κ3) is 2.84. The Hall–Kier alpha value is -1.77. The Balaban J connectivity index is 1.80. The first-order valence-corrected chi connectivity index (χ1v) is 5.12. The summed E-state index contributed by atoms with van der Waals surface area (Å²) in [7, 11) is 0. The van der Waals surface area contributed by atoms with Gasteiger partial charge in [0.25, 0.3) is 0 Å². The van der Waals surface area contributed by atoms with E-state index in [1.807, 2.05) is 42.2 Å². The maximum Gasteiger partial charge on any atom is 0.0582 e. The van der Waals surface area contributed by atoms with E-state index in [-0.39, 0.29) is 0 Å². The van der Waals surface area contributed by atoms with E-state index in [1.165, 1.54) is 5.56 Å². The monoisotopic (exact) mass is 201 g/mol. The predicted octanol–water partition coefficient (Wildman–Crippen LogP) is 2.30. The van der Waals surface area contributed by atoms with Gasteiger partial charge in [-0.1, -0.05) is 18.2 Å². The van der Waals surface area contributed by atoms with Crippen LogP contribution in [0.15, 0.2) is 42.7 Å². The molecular weight excluding hydrogens is 186 g/mol. The van der Waals surface area contributed by atoms with Gasteiger partial charge in [-0.3, -0.25) is 4.68 Å². The smallest absolute Gasteiger partial charge is 0.0582 e. The van der Waals surface area contributed by atoms with Crippen molar-refractivity contribution in [2.24, 2.45) is 0 Å². The molecule has 3 nitrogen and oxygen atoms in total. The number of anilines is 1. The summed E-state index contributed by atoms with van der Waals surface area (Å²) >= 11 is 0. The van der Waals surface area contributed by atoms with Crippen molar-refractivity contribution in [1.82, 2.24) is 9.78 Å². The first kappa shape index (κ1) is 9.77. The highest BCUT2D eigenvalue weighted by Crippen LogP contribution is 2.04.